The largest absolute Gasteiger partial charge is 0.484 e. The van der Waals surface area contributed by atoms with Crippen LogP contribution in [0.3, 0.4) is 0 Å². The molecule has 1 saturated heterocycles. The summed E-state index contributed by atoms with van der Waals surface area (Å²) in [6.07, 6.45) is 2.38. The van der Waals surface area contributed by atoms with Gasteiger partial charge in [-0.25, -0.2) is 0 Å². The smallest absolute Gasteiger partial charge is 0.260 e. The van der Waals surface area contributed by atoms with Crippen LogP contribution in [0.2, 0.25) is 0 Å². The molecule has 2 aliphatic rings. The minimum Gasteiger partial charge on any atom is -0.484 e. The van der Waals surface area contributed by atoms with Gasteiger partial charge in [-0.05, 0) is 50.4 Å². The van der Waals surface area contributed by atoms with Crippen LogP contribution in [-0.4, -0.2) is 60.1 Å². The van der Waals surface area contributed by atoms with E-state index in [1.165, 1.54) is 12.8 Å². The Balaban J connectivity index is 1.52. The predicted molar refractivity (Wildman–Crippen MR) is 105 cm³/mol. The van der Waals surface area contributed by atoms with Crippen molar-refractivity contribution in [2.24, 2.45) is 5.92 Å². The highest BCUT2D eigenvalue weighted by Crippen LogP contribution is 2.32. The normalized spacial score (nSPS) is 18.1. The number of fused-ring (bicyclic) bond motifs is 1. The Hall–Kier alpha value is -2.34. The highest BCUT2D eigenvalue weighted by atomic mass is 16.5. The number of aryl methyl sites for hydroxylation is 1. The van der Waals surface area contributed by atoms with Crippen molar-refractivity contribution in [2.45, 2.75) is 26.3 Å². The highest BCUT2D eigenvalue weighted by molar-refractivity contribution is 5.84. The van der Waals surface area contributed by atoms with Gasteiger partial charge < -0.3 is 19.1 Å². The molecule has 4 rings (SSSR count). The van der Waals surface area contributed by atoms with Crippen molar-refractivity contribution >= 4 is 16.8 Å². The SMILES string of the molecule is Cc1cc(=O)n(CC2CC2)c2cc(OCC(=O)N3CCN(C)CC3)ccc12. The van der Waals surface area contributed by atoms with E-state index >= 15 is 0 Å². The van der Waals surface area contributed by atoms with E-state index in [0.717, 1.165) is 49.2 Å². The number of nitrogens with zero attached hydrogens (tertiary/aromatic N) is 3. The van der Waals surface area contributed by atoms with Gasteiger partial charge in [-0.1, -0.05) is 0 Å². The molecule has 144 valence electrons. The first-order valence-corrected chi connectivity index (χ1v) is 9.74. The van der Waals surface area contributed by atoms with Gasteiger partial charge >= 0.3 is 0 Å². The molecule has 0 spiro atoms. The van der Waals surface area contributed by atoms with Crippen molar-refractivity contribution in [1.29, 1.82) is 0 Å². The zero-order valence-corrected chi connectivity index (χ0v) is 16.1. The van der Waals surface area contributed by atoms with Crippen molar-refractivity contribution in [2.75, 3.05) is 39.8 Å². The number of rotatable bonds is 5. The molecule has 1 aromatic heterocycles. The average Bonchev–Trinajstić information content (AvgIpc) is 3.48. The second-order valence-corrected chi connectivity index (χ2v) is 7.87. The van der Waals surface area contributed by atoms with Crippen LogP contribution in [0, 0.1) is 12.8 Å². The summed E-state index contributed by atoms with van der Waals surface area (Å²) in [6.45, 7) is 6.05. The number of amides is 1. The van der Waals surface area contributed by atoms with Gasteiger partial charge in [0.05, 0.1) is 5.52 Å². The first-order valence-electron chi connectivity index (χ1n) is 9.74. The summed E-state index contributed by atoms with van der Waals surface area (Å²) in [4.78, 5) is 29.0. The molecule has 1 aromatic carbocycles. The fraction of sp³-hybridized carbons (Fsp3) is 0.524. The number of carbonyl (C=O) groups is 1. The molecule has 2 heterocycles. The topological polar surface area (TPSA) is 54.8 Å². The van der Waals surface area contributed by atoms with Crippen LogP contribution in [0.4, 0.5) is 0 Å². The van der Waals surface area contributed by atoms with E-state index in [4.69, 9.17) is 4.74 Å². The standard InChI is InChI=1S/C21H27N3O3/c1-15-11-20(25)24(13-16-3-4-16)19-12-17(5-6-18(15)19)27-14-21(26)23-9-7-22(2)8-10-23/h5-6,11-12,16H,3-4,7-10,13-14H2,1-2H3. The number of carbonyl (C=O) groups excluding carboxylic acids is 1. The van der Waals surface area contributed by atoms with Crippen LogP contribution in [0.1, 0.15) is 18.4 Å². The lowest BCUT2D eigenvalue weighted by molar-refractivity contribution is -0.134. The van der Waals surface area contributed by atoms with Gasteiger partial charge in [-0.15, -0.1) is 0 Å². The van der Waals surface area contributed by atoms with Gasteiger partial charge in [-0.3, -0.25) is 9.59 Å². The minimum absolute atomic E-state index is 0.0165. The predicted octanol–water partition coefficient (Wildman–Crippen LogP) is 1.87. The molecule has 1 amide bonds. The molecule has 1 aliphatic carbocycles. The Morgan fingerprint density at radius 2 is 1.89 bits per heavy atom. The third-order valence-electron chi connectivity index (χ3n) is 5.65. The Morgan fingerprint density at radius 3 is 2.59 bits per heavy atom. The summed E-state index contributed by atoms with van der Waals surface area (Å²) in [5.74, 6) is 1.26. The van der Waals surface area contributed by atoms with E-state index in [-0.39, 0.29) is 18.1 Å². The zero-order chi connectivity index (χ0) is 19.0. The van der Waals surface area contributed by atoms with Crippen molar-refractivity contribution in [3.63, 3.8) is 0 Å². The van der Waals surface area contributed by atoms with E-state index in [2.05, 4.69) is 11.9 Å². The Labute approximate surface area is 159 Å². The van der Waals surface area contributed by atoms with E-state index in [1.54, 1.807) is 6.07 Å². The molecule has 2 fully saturated rings. The molecule has 0 atom stereocenters. The molecule has 2 aromatic rings. The molecule has 1 saturated carbocycles. The van der Waals surface area contributed by atoms with Crippen LogP contribution >= 0.6 is 0 Å². The summed E-state index contributed by atoms with van der Waals surface area (Å²) in [5, 5.41) is 1.06. The molecule has 27 heavy (non-hydrogen) atoms. The Bertz CT molecular complexity index is 909. The number of ether oxygens (including phenoxy) is 1. The summed E-state index contributed by atoms with van der Waals surface area (Å²) in [5.41, 5.74) is 1.91. The maximum Gasteiger partial charge on any atom is 0.260 e. The van der Waals surface area contributed by atoms with E-state index in [9.17, 15) is 9.59 Å². The summed E-state index contributed by atoms with van der Waals surface area (Å²) in [6, 6.07) is 7.49. The van der Waals surface area contributed by atoms with Gasteiger partial charge in [0.15, 0.2) is 6.61 Å². The summed E-state index contributed by atoms with van der Waals surface area (Å²) < 4.78 is 7.65. The van der Waals surface area contributed by atoms with Crippen LogP contribution < -0.4 is 10.3 Å². The van der Waals surface area contributed by atoms with Crippen LogP contribution in [0.15, 0.2) is 29.1 Å². The number of pyridine rings is 1. The third kappa shape index (κ3) is 4.00. The summed E-state index contributed by atoms with van der Waals surface area (Å²) >= 11 is 0. The Morgan fingerprint density at radius 1 is 1.15 bits per heavy atom. The maximum absolute atomic E-state index is 12.5. The van der Waals surface area contributed by atoms with Gasteiger partial charge in [-0.2, -0.15) is 0 Å². The maximum atomic E-state index is 12.5. The van der Waals surface area contributed by atoms with Gasteiger partial charge in [0.2, 0.25) is 0 Å². The number of likely N-dealkylation sites (N-methyl/N-ethyl adjacent to an activating group) is 1. The van der Waals surface area contributed by atoms with E-state index in [0.29, 0.717) is 11.7 Å². The van der Waals surface area contributed by atoms with Crippen molar-refractivity contribution in [3.8, 4) is 5.75 Å². The summed E-state index contributed by atoms with van der Waals surface area (Å²) in [7, 11) is 2.07. The van der Waals surface area contributed by atoms with E-state index in [1.807, 2.05) is 34.6 Å². The van der Waals surface area contributed by atoms with Crippen LogP contribution in [0.5, 0.6) is 5.75 Å². The average molecular weight is 369 g/mol. The molecule has 6 heteroatoms. The molecule has 0 radical (unpaired) electrons. The lowest BCUT2D eigenvalue weighted by atomic mass is 10.1. The Kier molecular flexibility index (Phi) is 4.91. The van der Waals surface area contributed by atoms with Crippen LogP contribution in [-0.2, 0) is 11.3 Å². The first-order chi connectivity index (χ1) is 13.0. The number of benzene rings is 1. The number of hydrogen-bond acceptors (Lipinski definition) is 4. The van der Waals surface area contributed by atoms with Crippen molar-refractivity contribution in [3.05, 3.63) is 40.2 Å². The van der Waals surface area contributed by atoms with Crippen molar-refractivity contribution in [1.82, 2.24) is 14.4 Å². The zero-order valence-electron chi connectivity index (χ0n) is 16.1. The molecule has 1 aliphatic heterocycles. The molecule has 0 N–H and O–H groups in total. The highest BCUT2D eigenvalue weighted by Gasteiger charge is 2.23. The first kappa shape index (κ1) is 18.0. The molecule has 0 unspecified atom stereocenters. The quantitative estimate of drug-likeness (QED) is 0.807. The van der Waals surface area contributed by atoms with Gasteiger partial charge in [0, 0.05) is 50.2 Å². The minimum atomic E-state index is 0.0165. The number of hydrogen-bond donors (Lipinski definition) is 0. The fourth-order valence-electron chi connectivity index (χ4n) is 3.66. The van der Waals surface area contributed by atoms with E-state index < -0.39 is 0 Å². The second-order valence-electron chi connectivity index (χ2n) is 7.87. The lowest BCUT2D eigenvalue weighted by Crippen LogP contribution is -2.48. The molecule has 0 bridgehead atoms. The molecule has 6 nitrogen and oxygen atoms in total. The van der Waals surface area contributed by atoms with Gasteiger partial charge in [0.25, 0.3) is 11.5 Å². The lowest BCUT2D eigenvalue weighted by Gasteiger charge is -2.32. The molecular weight excluding hydrogens is 342 g/mol. The number of piperazine rings is 1. The monoisotopic (exact) mass is 369 g/mol. The van der Waals surface area contributed by atoms with Gasteiger partial charge in [0.1, 0.15) is 5.75 Å². The van der Waals surface area contributed by atoms with Crippen molar-refractivity contribution < 1.29 is 9.53 Å². The number of aromatic nitrogens is 1. The van der Waals surface area contributed by atoms with Crippen LogP contribution in [0.25, 0.3) is 10.9 Å². The second kappa shape index (κ2) is 7.35. The third-order valence-corrected chi connectivity index (χ3v) is 5.65. The molecular formula is C21H27N3O3. The fourth-order valence-corrected chi connectivity index (χ4v) is 3.66.